The number of aryl methyl sites for hydroxylation is 1. The van der Waals surface area contributed by atoms with Gasteiger partial charge in [-0.05, 0) is 52.7 Å². The molecule has 0 spiro atoms. The molecule has 0 bridgehead atoms. The Morgan fingerprint density at radius 1 is 1.60 bits per heavy atom. The molecule has 1 aromatic heterocycles. The third-order valence-electron chi connectivity index (χ3n) is 3.21. The maximum atomic E-state index is 4.42. The fraction of sp³-hybridized carbons (Fsp3) is 0.583. The maximum Gasteiger partial charge on any atom is 0.128 e. The van der Waals surface area contributed by atoms with Crippen LogP contribution in [-0.2, 0) is 0 Å². The van der Waals surface area contributed by atoms with Gasteiger partial charge in [0.15, 0.2) is 0 Å². The van der Waals surface area contributed by atoms with E-state index in [1.54, 1.807) is 0 Å². The molecule has 1 fully saturated rings. The predicted octanol–water partition coefficient (Wildman–Crippen LogP) is 3.24. The van der Waals surface area contributed by atoms with Crippen LogP contribution < -0.4 is 4.90 Å². The molecule has 0 aromatic carbocycles. The molecule has 82 valence electrons. The number of aromatic nitrogens is 1. The summed E-state index contributed by atoms with van der Waals surface area (Å²) in [7, 11) is 2.13. The lowest BCUT2D eigenvalue weighted by Gasteiger charge is -2.18. The molecular formula is C12H17BrN2. The highest BCUT2D eigenvalue weighted by Crippen LogP contribution is 2.38. The van der Waals surface area contributed by atoms with Crippen molar-refractivity contribution in [2.75, 3.05) is 18.5 Å². The Labute approximate surface area is 99.8 Å². The SMILES string of the molecule is Cc1cc(N(C)CC2CC2C)ncc1Br. The Morgan fingerprint density at radius 2 is 2.27 bits per heavy atom. The van der Waals surface area contributed by atoms with Crippen LogP contribution in [0, 0.1) is 18.8 Å². The number of hydrogen-bond donors (Lipinski definition) is 0. The van der Waals surface area contributed by atoms with Crippen LogP contribution in [0.5, 0.6) is 0 Å². The fourth-order valence-corrected chi connectivity index (χ4v) is 2.05. The van der Waals surface area contributed by atoms with Gasteiger partial charge in [-0.2, -0.15) is 0 Å². The van der Waals surface area contributed by atoms with Gasteiger partial charge < -0.3 is 4.90 Å². The lowest BCUT2D eigenvalue weighted by atomic mass is 10.2. The van der Waals surface area contributed by atoms with Crippen molar-refractivity contribution >= 4 is 21.7 Å². The molecule has 1 heterocycles. The molecule has 2 rings (SSSR count). The zero-order valence-corrected chi connectivity index (χ0v) is 11.1. The monoisotopic (exact) mass is 268 g/mol. The van der Waals surface area contributed by atoms with E-state index in [1.807, 2.05) is 6.20 Å². The van der Waals surface area contributed by atoms with Crippen LogP contribution >= 0.6 is 15.9 Å². The lowest BCUT2D eigenvalue weighted by Crippen LogP contribution is -2.21. The minimum Gasteiger partial charge on any atom is -0.359 e. The van der Waals surface area contributed by atoms with Crippen LogP contribution in [0.3, 0.4) is 0 Å². The number of nitrogens with zero attached hydrogens (tertiary/aromatic N) is 2. The van der Waals surface area contributed by atoms with E-state index in [-0.39, 0.29) is 0 Å². The first-order valence-electron chi connectivity index (χ1n) is 5.41. The van der Waals surface area contributed by atoms with Crippen molar-refractivity contribution in [3.63, 3.8) is 0 Å². The van der Waals surface area contributed by atoms with Crippen molar-refractivity contribution in [1.29, 1.82) is 0 Å². The summed E-state index contributed by atoms with van der Waals surface area (Å²) in [4.78, 5) is 6.68. The normalized spacial score (nSPS) is 24.0. The summed E-state index contributed by atoms with van der Waals surface area (Å²) in [5.41, 5.74) is 1.25. The smallest absolute Gasteiger partial charge is 0.128 e. The number of pyridine rings is 1. The summed E-state index contributed by atoms with van der Waals surface area (Å²) < 4.78 is 1.08. The van der Waals surface area contributed by atoms with Crippen molar-refractivity contribution in [3.8, 4) is 0 Å². The first-order valence-corrected chi connectivity index (χ1v) is 6.20. The zero-order chi connectivity index (χ0) is 11.0. The average molecular weight is 269 g/mol. The molecule has 0 aliphatic heterocycles. The largest absolute Gasteiger partial charge is 0.359 e. The highest BCUT2D eigenvalue weighted by molar-refractivity contribution is 9.10. The molecule has 15 heavy (non-hydrogen) atoms. The summed E-state index contributed by atoms with van der Waals surface area (Å²) >= 11 is 3.47. The average Bonchev–Trinajstić information content (AvgIpc) is 2.86. The first-order chi connectivity index (χ1) is 7.08. The van der Waals surface area contributed by atoms with Gasteiger partial charge in [-0.1, -0.05) is 6.92 Å². The van der Waals surface area contributed by atoms with Gasteiger partial charge in [-0.15, -0.1) is 0 Å². The van der Waals surface area contributed by atoms with Crippen LogP contribution in [0.1, 0.15) is 18.9 Å². The molecule has 1 aliphatic carbocycles. The van der Waals surface area contributed by atoms with E-state index in [0.717, 1.165) is 28.7 Å². The van der Waals surface area contributed by atoms with Crippen LogP contribution in [0.2, 0.25) is 0 Å². The van der Waals surface area contributed by atoms with Gasteiger partial charge in [0.1, 0.15) is 5.82 Å². The lowest BCUT2D eigenvalue weighted by molar-refractivity contribution is 0.719. The summed E-state index contributed by atoms with van der Waals surface area (Å²) in [6.45, 7) is 5.55. The van der Waals surface area contributed by atoms with Crippen LogP contribution in [0.25, 0.3) is 0 Å². The number of rotatable bonds is 3. The second kappa shape index (κ2) is 4.12. The third kappa shape index (κ3) is 2.51. The van der Waals surface area contributed by atoms with E-state index in [2.05, 4.69) is 52.8 Å². The first kappa shape index (κ1) is 10.9. The summed E-state index contributed by atoms with van der Waals surface area (Å²) in [5, 5.41) is 0. The van der Waals surface area contributed by atoms with E-state index in [1.165, 1.54) is 12.0 Å². The molecular weight excluding hydrogens is 252 g/mol. The Kier molecular flexibility index (Phi) is 3.01. The fourth-order valence-electron chi connectivity index (χ4n) is 1.83. The van der Waals surface area contributed by atoms with Gasteiger partial charge in [0.05, 0.1) is 0 Å². The van der Waals surface area contributed by atoms with Crippen molar-refractivity contribution in [2.45, 2.75) is 20.3 Å². The molecule has 3 heteroatoms. The molecule has 2 atom stereocenters. The maximum absolute atomic E-state index is 4.42. The van der Waals surface area contributed by atoms with E-state index in [9.17, 15) is 0 Å². The topological polar surface area (TPSA) is 16.1 Å². The molecule has 2 nitrogen and oxygen atoms in total. The second-order valence-corrected chi connectivity index (χ2v) is 5.50. The molecule has 1 aliphatic rings. The number of anilines is 1. The number of hydrogen-bond acceptors (Lipinski definition) is 2. The quantitative estimate of drug-likeness (QED) is 0.837. The van der Waals surface area contributed by atoms with Gasteiger partial charge in [0.25, 0.3) is 0 Å². The van der Waals surface area contributed by atoms with Crippen molar-refractivity contribution in [3.05, 3.63) is 22.3 Å². The molecule has 0 radical (unpaired) electrons. The van der Waals surface area contributed by atoms with Crippen LogP contribution in [-0.4, -0.2) is 18.6 Å². The molecule has 1 aromatic rings. The van der Waals surface area contributed by atoms with Gasteiger partial charge in [-0.3, -0.25) is 0 Å². The van der Waals surface area contributed by atoms with Crippen LogP contribution in [0.15, 0.2) is 16.7 Å². The molecule has 0 amide bonds. The van der Waals surface area contributed by atoms with Gasteiger partial charge in [-0.25, -0.2) is 4.98 Å². The minimum absolute atomic E-state index is 0.876. The van der Waals surface area contributed by atoms with Crippen molar-refractivity contribution in [2.24, 2.45) is 11.8 Å². The zero-order valence-electron chi connectivity index (χ0n) is 9.50. The van der Waals surface area contributed by atoms with E-state index >= 15 is 0 Å². The Hall–Kier alpha value is -0.570. The van der Waals surface area contributed by atoms with E-state index in [0.29, 0.717) is 0 Å². The Bertz CT molecular complexity index is 365. The minimum atomic E-state index is 0.876. The van der Waals surface area contributed by atoms with E-state index in [4.69, 9.17) is 0 Å². The standard InChI is InChI=1S/C12H17BrN2/c1-8-4-10(8)7-15(3)12-5-9(2)11(13)6-14-12/h5-6,8,10H,4,7H2,1-3H3. The highest BCUT2D eigenvalue weighted by atomic mass is 79.9. The second-order valence-electron chi connectivity index (χ2n) is 4.65. The Morgan fingerprint density at radius 3 is 2.80 bits per heavy atom. The third-order valence-corrected chi connectivity index (χ3v) is 4.04. The van der Waals surface area contributed by atoms with Gasteiger partial charge >= 0.3 is 0 Å². The molecule has 0 saturated heterocycles. The van der Waals surface area contributed by atoms with Gasteiger partial charge in [0, 0.05) is 24.3 Å². The molecule has 2 unspecified atom stereocenters. The van der Waals surface area contributed by atoms with E-state index < -0.39 is 0 Å². The van der Waals surface area contributed by atoms with Gasteiger partial charge in [0.2, 0.25) is 0 Å². The van der Waals surface area contributed by atoms with Crippen LogP contribution in [0.4, 0.5) is 5.82 Å². The predicted molar refractivity (Wildman–Crippen MR) is 67.2 cm³/mol. The Balaban J connectivity index is 2.04. The van der Waals surface area contributed by atoms with Crippen molar-refractivity contribution in [1.82, 2.24) is 4.98 Å². The molecule has 1 saturated carbocycles. The summed E-state index contributed by atoms with van der Waals surface area (Å²) in [6, 6.07) is 2.14. The molecule has 0 N–H and O–H groups in total. The highest BCUT2D eigenvalue weighted by Gasteiger charge is 2.33. The summed E-state index contributed by atoms with van der Waals surface area (Å²) in [6.07, 6.45) is 3.26. The number of halogens is 1. The van der Waals surface area contributed by atoms with Crippen molar-refractivity contribution < 1.29 is 0 Å². The summed E-state index contributed by atoms with van der Waals surface area (Å²) in [5.74, 6) is 2.86.